The monoisotopic (exact) mass is 305 g/mol. The first kappa shape index (κ1) is 14.3. The van der Waals surface area contributed by atoms with Gasteiger partial charge in [-0.05, 0) is 37.5 Å². The van der Waals surface area contributed by atoms with Crippen molar-refractivity contribution in [3.8, 4) is 0 Å². The zero-order chi connectivity index (χ0) is 14.9. The fraction of sp³-hybridized carbons (Fsp3) is 0.400. The minimum Gasteiger partial charge on any atom is -0.281 e. The number of benzene rings is 1. The highest BCUT2D eigenvalue weighted by molar-refractivity contribution is 7.89. The summed E-state index contributed by atoms with van der Waals surface area (Å²) in [5.41, 5.74) is 1.65. The van der Waals surface area contributed by atoms with E-state index in [1.54, 1.807) is 22.6 Å². The average Bonchev–Trinajstić information content (AvgIpc) is 3.01. The lowest BCUT2D eigenvalue weighted by Gasteiger charge is -2.34. The first-order chi connectivity index (χ1) is 10.1. The predicted molar refractivity (Wildman–Crippen MR) is 80.3 cm³/mol. The van der Waals surface area contributed by atoms with E-state index in [4.69, 9.17) is 0 Å². The first-order valence-electron chi connectivity index (χ1n) is 7.17. The number of hydrogen-bond donors (Lipinski definition) is 1. The van der Waals surface area contributed by atoms with Gasteiger partial charge in [0.1, 0.15) is 0 Å². The minimum absolute atomic E-state index is 0.147. The Kier molecular flexibility index (Phi) is 3.82. The third kappa shape index (κ3) is 2.61. The number of rotatable bonds is 3. The molecule has 1 N–H and O–H groups in total. The molecule has 1 fully saturated rings. The Hall–Kier alpha value is -1.66. The lowest BCUT2D eigenvalue weighted by atomic mass is 10.0. The zero-order valence-electron chi connectivity index (χ0n) is 12.0. The van der Waals surface area contributed by atoms with E-state index in [0.29, 0.717) is 11.4 Å². The molecule has 3 rings (SSSR count). The van der Waals surface area contributed by atoms with E-state index in [-0.39, 0.29) is 6.04 Å². The van der Waals surface area contributed by atoms with Crippen LogP contribution in [-0.4, -0.2) is 29.5 Å². The second-order valence-corrected chi connectivity index (χ2v) is 7.26. The van der Waals surface area contributed by atoms with Crippen molar-refractivity contribution in [3.05, 3.63) is 47.8 Å². The number of hydrogen-bond acceptors (Lipinski definition) is 3. The van der Waals surface area contributed by atoms with Crippen molar-refractivity contribution in [1.82, 2.24) is 14.5 Å². The summed E-state index contributed by atoms with van der Waals surface area (Å²) in [7, 11) is -3.48. The maximum atomic E-state index is 13.0. The van der Waals surface area contributed by atoms with Gasteiger partial charge in [-0.2, -0.15) is 9.40 Å². The number of aromatic amines is 1. The number of aryl methyl sites for hydroxylation is 1. The predicted octanol–water partition coefficient (Wildman–Crippen LogP) is 2.63. The van der Waals surface area contributed by atoms with Gasteiger partial charge in [-0.25, -0.2) is 8.42 Å². The van der Waals surface area contributed by atoms with E-state index < -0.39 is 10.0 Å². The van der Waals surface area contributed by atoms with E-state index in [9.17, 15) is 8.42 Å². The van der Waals surface area contributed by atoms with Gasteiger partial charge in [0.05, 0.1) is 16.6 Å². The summed E-state index contributed by atoms with van der Waals surface area (Å²) in [6, 6.07) is 8.86. The highest BCUT2D eigenvalue weighted by Gasteiger charge is 2.35. The van der Waals surface area contributed by atoms with Crippen LogP contribution in [0, 0.1) is 6.92 Å². The van der Waals surface area contributed by atoms with Gasteiger partial charge in [-0.3, -0.25) is 5.10 Å². The molecule has 0 radical (unpaired) electrons. The lowest BCUT2D eigenvalue weighted by molar-refractivity contribution is 0.251. The van der Waals surface area contributed by atoms with Gasteiger partial charge in [-0.15, -0.1) is 0 Å². The van der Waals surface area contributed by atoms with Crippen LogP contribution in [0.4, 0.5) is 0 Å². The van der Waals surface area contributed by atoms with Gasteiger partial charge >= 0.3 is 0 Å². The van der Waals surface area contributed by atoms with Gasteiger partial charge in [-0.1, -0.05) is 24.6 Å². The smallest absolute Gasteiger partial charge is 0.243 e. The molecule has 21 heavy (non-hydrogen) atoms. The van der Waals surface area contributed by atoms with Gasteiger partial charge in [0.2, 0.25) is 10.0 Å². The van der Waals surface area contributed by atoms with Gasteiger partial charge < -0.3 is 0 Å². The zero-order valence-corrected chi connectivity index (χ0v) is 12.8. The quantitative estimate of drug-likeness (QED) is 0.948. The Morgan fingerprint density at radius 3 is 2.76 bits per heavy atom. The topological polar surface area (TPSA) is 66.1 Å². The highest BCUT2D eigenvalue weighted by Crippen LogP contribution is 2.35. The summed E-state index contributed by atoms with van der Waals surface area (Å²) in [5, 5.41) is 6.88. The van der Waals surface area contributed by atoms with Crippen molar-refractivity contribution in [2.24, 2.45) is 0 Å². The van der Waals surface area contributed by atoms with E-state index in [1.807, 2.05) is 25.1 Å². The average molecular weight is 305 g/mol. The number of nitrogens with zero attached hydrogens (tertiary/aromatic N) is 2. The summed E-state index contributed by atoms with van der Waals surface area (Å²) in [4.78, 5) is 0.399. The van der Waals surface area contributed by atoms with Crippen LogP contribution in [0.2, 0.25) is 0 Å². The number of sulfonamides is 1. The normalized spacial score (nSPS) is 20.5. The Morgan fingerprint density at radius 1 is 1.24 bits per heavy atom. The summed E-state index contributed by atoms with van der Waals surface area (Å²) < 4.78 is 27.6. The number of piperidine rings is 1. The van der Waals surface area contributed by atoms with E-state index >= 15 is 0 Å². The molecular weight excluding hydrogens is 286 g/mol. The van der Waals surface area contributed by atoms with E-state index in [2.05, 4.69) is 10.2 Å². The molecule has 6 heteroatoms. The lowest BCUT2D eigenvalue weighted by Crippen LogP contribution is -2.38. The van der Waals surface area contributed by atoms with Gasteiger partial charge in [0, 0.05) is 12.7 Å². The van der Waals surface area contributed by atoms with Gasteiger partial charge in [0.15, 0.2) is 0 Å². The van der Waals surface area contributed by atoms with E-state index in [0.717, 1.165) is 30.5 Å². The number of H-pyrrole nitrogens is 1. The molecular formula is C15H19N3O2S. The maximum Gasteiger partial charge on any atom is 0.243 e. The second kappa shape index (κ2) is 5.61. The van der Waals surface area contributed by atoms with Crippen LogP contribution < -0.4 is 0 Å². The Bertz CT molecular complexity index is 710. The fourth-order valence-corrected chi connectivity index (χ4v) is 4.83. The summed E-state index contributed by atoms with van der Waals surface area (Å²) in [6.45, 7) is 2.39. The summed E-state index contributed by atoms with van der Waals surface area (Å²) in [5.74, 6) is 0. The van der Waals surface area contributed by atoms with Crippen LogP contribution in [0.3, 0.4) is 0 Å². The molecule has 2 heterocycles. The Morgan fingerprint density at radius 2 is 2.05 bits per heavy atom. The molecule has 1 aromatic heterocycles. The number of aromatic nitrogens is 2. The van der Waals surface area contributed by atoms with Crippen molar-refractivity contribution in [1.29, 1.82) is 0 Å². The van der Waals surface area contributed by atoms with Gasteiger partial charge in [0.25, 0.3) is 0 Å². The minimum atomic E-state index is -3.48. The molecule has 0 unspecified atom stereocenters. The van der Waals surface area contributed by atoms with Crippen LogP contribution in [0.25, 0.3) is 0 Å². The second-order valence-electron chi connectivity index (χ2n) is 5.40. The number of nitrogens with one attached hydrogen (secondary N) is 1. The molecule has 0 bridgehead atoms. The van der Waals surface area contributed by atoms with Crippen molar-refractivity contribution in [3.63, 3.8) is 0 Å². The molecule has 0 amide bonds. The maximum absolute atomic E-state index is 13.0. The van der Waals surface area contributed by atoms with Crippen LogP contribution in [0.15, 0.2) is 41.4 Å². The molecule has 1 aliphatic heterocycles. The molecule has 1 aliphatic rings. The van der Waals surface area contributed by atoms with Crippen molar-refractivity contribution >= 4 is 10.0 Å². The van der Waals surface area contributed by atoms with Crippen molar-refractivity contribution < 1.29 is 8.42 Å². The third-order valence-electron chi connectivity index (χ3n) is 4.02. The molecule has 5 nitrogen and oxygen atoms in total. The Balaban J connectivity index is 2.02. The molecule has 1 saturated heterocycles. The SMILES string of the molecule is Cc1ccccc1S(=O)(=O)N1CCCC[C@@H]1c1ccn[nH]1. The summed E-state index contributed by atoms with van der Waals surface area (Å²) >= 11 is 0. The van der Waals surface area contributed by atoms with E-state index in [1.165, 1.54) is 0 Å². The first-order valence-corrected chi connectivity index (χ1v) is 8.61. The standard InChI is InChI=1S/C15H19N3O2S/c1-12-6-2-3-8-15(12)21(19,20)18-11-5-4-7-14(18)13-9-10-16-17-13/h2-3,6,8-10,14H,4-5,7,11H2,1H3,(H,16,17)/t14-/m1/s1. The summed E-state index contributed by atoms with van der Waals surface area (Å²) in [6.07, 6.45) is 4.43. The van der Waals surface area contributed by atoms with Crippen LogP contribution >= 0.6 is 0 Å². The van der Waals surface area contributed by atoms with Crippen LogP contribution in [0.1, 0.15) is 36.6 Å². The van der Waals surface area contributed by atoms with Crippen molar-refractivity contribution in [2.45, 2.75) is 37.1 Å². The molecule has 112 valence electrons. The molecule has 1 aromatic carbocycles. The Labute approximate surface area is 125 Å². The molecule has 0 spiro atoms. The molecule has 2 aromatic rings. The fourth-order valence-electron chi connectivity index (χ4n) is 2.93. The van der Waals surface area contributed by atoms with Crippen molar-refractivity contribution in [2.75, 3.05) is 6.54 Å². The highest BCUT2D eigenvalue weighted by atomic mass is 32.2. The molecule has 0 aliphatic carbocycles. The van der Waals surface area contributed by atoms with Crippen LogP contribution in [0.5, 0.6) is 0 Å². The molecule has 0 saturated carbocycles. The van der Waals surface area contributed by atoms with Crippen LogP contribution in [-0.2, 0) is 10.0 Å². The largest absolute Gasteiger partial charge is 0.281 e. The molecule has 1 atom stereocenters. The third-order valence-corrected chi connectivity index (χ3v) is 6.08.